The van der Waals surface area contributed by atoms with Crippen molar-refractivity contribution < 1.29 is 8.42 Å². The normalized spacial score (nSPS) is 13.6. The van der Waals surface area contributed by atoms with Crippen LogP contribution in [0.25, 0.3) is 0 Å². The number of sulfonamides is 1. The lowest BCUT2D eigenvalue weighted by molar-refractivity contribution is 0.552. The molecular formula is C12H16N2O2S3. The van der Waals surface area contributed by atoms with Crippen LogP contribution in [-0.2, 0) is 16.6 Å². The van der Waals surface area contributed by atoms with E-state index in [9.17, 15) is 8.42 Å². The summed E-state index contributed by atoms with van der Waals surface area (Å²) in [5, 5.41) is 3.70. The van der Waals surface area contributed by atoms with Gasteiger partial charge in [-0.1, -0.05) is 13.0 Å². The van der Waals surface area contributed by atoms with Crippen molar-refractivity contribution in [1.82, 2.24) is 4.72 Å². The Kier molecular flexibility index (Phi) is 4.75. The van der Waals surface area contributed by atoms with E-state index in [-0.39, 0.29) is 12.6 Å². The summed E-state index contributed by atoms with van der Waals surface area (Å²) in [5.74, 6) is 0. The Balaban J connectivity index is 2.26. The zero-order valence-corrected chi connectivity index (χ0v) is 12.9. The smallest absolute Gasteiger partial charge is 0.242 e. The van der Waals surface area contributed by atoms with Crippen LogP contribution in [0.4, 0.5) is 0 Å². The Morgan fingerprint density at radius 3 is 2.68 bits per heavy atom. The highest BCUT2D eigenvalue weighted by Gasteiger charge is 2.23. The van der Waals surface area contributed by atoms with Crippen LogP contribution in [0.1, 0.15) is 29.1 Å². The Labute approximate surface area is 121 Å². The van der Waals surface area contributed by atoms with Gasteiger partial charge in [-0.25, -0.2) is 13.1 Å². The van der Waals surface area contributed by atoms with Gasteiger partial charge in [0.05, 0.1) is 10.9 Å². The SMILES string of the molecule is CCC(NS(=O)(=O)c1ccsc1CN)c1cccs1. The highest BCUT2D eigenvalue weighted by atomic mass is 32.2. The Hall–Kier alpha value is -0.730. The first kappa shape index (κ1) is 14.7. The fraction of sp³-hybridized carbons (Fsp3) is 0.333. The molecule has 2 aromatic rings. The van der Waals surface area contributed by atoms with Crippen molar-refractivity contribution in [2.75, 3.05) is 0 Å². The van der Waals surface area contributed by atoms with Crippen LogP contribution in [0.3, 0.4) is 0 Å². The Bertz CT molecular complexity index is 617. The summed E-state index contributed by atoms with van der Waals surface area (Å²) >= 11 is 2.92. The van der Waals surface area contributed by atoms with Crippen LogP contribution in [0.5, 0.6) is 0 Å². The summed E-state index contributed by atoms with van der Waals surface area (Å²) in [5.41, 5.74) is 5.57. The number of thiophene rings is 2. The van der Waals surface area contributed by atoms with Crippen molar-refractivity contribution >= 4 is 32.7 Å². The van der Waals surface area contributed by atoms with E-state index < -0.39 is 10.0 Å². The van der Waals surface area contributed by atoms with Gasteiger partial charge in [-0.05, 0) is 29.3 Å². The molecule has 1 atom stereocenters. The average molecular weight is 316 g/mol. The zero-order valence-electron chi connectivity index (χ0n) is 10.5. The number of hydrogen-bond donors (Lipinski definition) is 2. The third kappa shape index (κ3) is 3.24. The summed E-state index contributed by atoms with van der Waals surface area (Å²) in [7, 11) is -3.51. The number of rotatable bonds is 6. The van der Waals surface area contributed by atoms with Crippen molar-refractivity contribution in [3.05, 3.63) is 38.7 Å². The molecule has 0 fully saturated rings. The molecule has 0 aliphatic rings. The van der Waals surface area contributed by atoms with E-state index in [0.717, 1.165) is 4.88 Å². The molecule has 2 rings (SSSR count). The third-order valence-electron chi connectivity index (χ3n) is 2.77. The van der Waals surface area contributed by atoms with Crippen LogP contribution >= 0.6 is 22.7 Å². The monoisotopic (exact) mass is 316 g/mol. The highest BCUT2D eigenvalue weighted by molar-refractivity contribution is 7.89. The number of nitrogens with two attached hydrogens (primary N) is 1. The fourth-order valence-electron chi connectivity index (χ4n) is 1.80. The van der Waals surface area contributed by atoms with Crippen molar-refractivity contribution in [2.24, 2.45) is 5.73 Å². The lowest BCUT2D eigenvalue weighted by Crippen LogP contribution is -2.28. The Morgan fingerprint density at radius 2 is 2.11 bits per heavy atom. The van der Waals surface area contributed by atoms with Gasteiger partial charge >= 0.3 is 0 Å². The van der Waals surface area contributed by atoms with Crippen molar-refractivity contribution in [3.8, 4) is 0 Å². The van der Waals surface area contributed by atoms with Crippen LogP contribution < -0.4 is 10.5 Å². The molecule has 0 aliphatic heterocycles. The number of nitrogens with one attached hydrogen (secondary N) is 1. The second-order valence-electron chi connectivity index (χ2n) is 4.01. The maximum absolute atomic E-state index is 12.4. The maximum atomic E-state index is 12.4. The molecule has 0 saturated carbocycles. The van der Waals surface area contributed by atoms with Gasteiger partial charge in [0.2, 0.25) is 10.0 Å². The molecule has 0 aromatic carbocycles. The van der Waals surface area contributed by atoms with E-state index >= 15 is 0 Å². The van der Waals surface area contributed by atoms with Crippen molar-refractivity contribution in [3.63, 3.8) is 0 Å². The van der Waals surface area contributed by atoms with Gasteiger partial charge in [-0.3, -0.25) is 0 Å². The molecule has 0 amide bonds. The first-order valence-corrected chi connectivity index (χ1v) is 9.15. The minimum absolute atomic E-state index is 0.185. The third-order valence-corrected chi connectivity index (χ3v) is 6.39. The van der Waals surface area contributed by atoms with E-state index in [4.69, 9.17) is 5.73 Å². The summed E-state index contributed by atoms with van der Waals surface area (Å²) < 4.78 is 27.5. The lowest BCUT2D eigenvalue weighted by atomic mass is 10.2. The average Bonchev–Trinajstić information content (AvgIpc) is 3.06. The van der Waals surface area contributed by atoms with E-state index in [2.05, 4.69) is 4.72 Å². The van der Waals surface area contributed by atoms with Gasteiger partial charge in [0, 0.05) is 16.3 Å². The summed E-state index contributed by atoms with van der Waals surface area (Å²) in [6.07, 6.45) is 0.710. The standard InChI is InChI=1S/C12H16N2O2S3/c1-2-9(10-4-3-6-17-10)14-19(15,16)12-5-7-18-11(12)8-13/h3-7,9,14H,2,8,13H2,1H3. The molecule has 0 radical (unpaired) electrons. The van der Waals surface area contributed by atoms with Crippen LogP contribution in [0.2, 0.25) is 0 Å². The van der Waals surface area contributed by atoms with Crippen LogP contribution in [0, 0.1) is 0 Å². The molecule has 19 heavy (non-hydrogen) atoms. The quantitative estimate of drug-likeness (QED) is 0.860. The van der Waals surface area contributed by atoms with Gasteiger partial charge in [0.25, 0.3) is 0 Å². The second kappa shape index (κ2) is 6.15. The summed E-state index contributed by atoms with van der Waals surface area (Å²) in [6, 6.07) is 5.29. The molecule has 1 unspecified atom stereocenters. The summed E-state index contributed by atoms with van der Waals surface area (Å²) in [6.45, 7) is 2.20. The van der Waals surface area contributed by atoms with Crippen LogP contribution in [-0.4, -0.2) is 8.42 Å². The first-order valence-electron chi connectivity index (χ1n) is 5.90. The molecule has 0 saturated heterocycles. The van der Waals surface area contributed by atoms with E-state index in [1.165, 1.54) is 11.3 Å². The van der Waals surface area contributed by atoms with Gasteiger partial charge in [-0.15, -0.1) is 22.7 Å². The van der Waals surface area contributed by atoms with E-state index in [1.54, 1.807) is 22.8 Å². The van der Waals surface area contributed by atoms with Crippen molar-refractivity contribution in [1.29, 1.82) is 0 Å². The highest BCUT2D eigenvalue weighted by Crippen LogP contribution is 2.26. The molecule has 7 heteroatoms. The first-order chi connectivity index (χ1) is 9.08. The largest absolute Gasteiger partial charge is 0.326 e. The van der Waals surface area contributed by atoms with Crippen molar-refractivity contribution in [2.45, 2.75) is 30.8 Å². The van der Waals surface area contributed by atoms with Gasteiger partial charge < -0.3 is 5.73 Å². The molecule has 0 aliphatic carbocycles. The zero-order chi connectivity index (χ0) is 13.9. The van der Waals surface area contributed by atoms with E-state index in [1.807, 2.05) is 24.4 Å². The second-order valence-corrected chi connectivity index (χ2v) is 7.67. The molecule has 2 heterocycles. The van der Waals surface area contributed by atoms with Gasteiger partial charge in [0.1, 0.15) is 0 Å². The Morgan fingerprint density at radius 1 is 1.32 bits per heavy atom. The van der Waals surface area contributed by atoms with Crippen LogP contribution in [0.15, 0.2) is 33.9 Å². The molecule has 0 bridgehead atoms. The summed E-state index contributed by atoms with van der Waals surface area (Å²) in [4.78, 5) is 2.01. The minimum Gasteiger partial charge on any atom is -0.326 e. The lowest BCUT2D eigenvalue weighted by Gasteiger charge is -2.15. The van der Waals surface area contributed by atoms with Gasteiger partial charge in [-0.2, -0.15) is 0 Å². The molecule has 0 spiro atoms. The molecule has 4 nitrogen and oxygen atoms in total. The van der Waals surface area contributed by atoms with Gasteiger partial charge in [0.15, 0.2) is 0 Å². The molecule has 104 valence electrons. The molecule has 3 N–H and O–H groups in total. The minimum atomic E-state index is -3.51. The topological polar surface area (TPSA) is 72.2 Å². The predicted octanol–water partition coefficient (Wildman–Crippen LogP) is 2.70. The van der Waals surface area contributed by atoms with E-state index in [0.29, 0.717) is 16.2 Å². The fourth-order valence-corrected chi connectivity index (χ4v) is 5.37. The molecule has 2 aromatic heterocycles. The predicted molar refractivity (Wildman–Crippen MR) is 79.9 cm³/mol. The maximum Gasteiger partial charge on any atom is 0.242 e. The number of hydrogen-bond acceptors (Lipinski definition) is 5. The molecular weight excluding hydrogens is 300 g/mol.